The summed E-state index contributed by atoms with van der Waals surface area (Å²) in [5.74, 6) is 0.979. The van der Waals surface area contributed by atoms with Crippen LogP contribution in [0.4, 0.5) is 0 Å². The van der Waals surface area contributed by atoms with Crippen LogP contribution in [-0.4, -0.2) is 17.8 Å². The predicted octanol–water partition coefficient (Wildman–Crippen LogP) is 10.5. The first-order valence-corrected chi connectivity index (χ1v) is 15.8. The summed E-state index contributed by atoms with van der Waals surface area (Å²) in [7, 11) is 0. The van der Waals surface area contributed by atoms with Crippen molar-refractivity contribution in [1.29, 1.82) is 0 Å². The molecule has 38 heavy (non-hydrogen) atoms. The van der Waals surface area contributed by atoms with Crippen LogP contribution in [0, 0.1) is 0 Å². The average molecular weight is 531 g/mol. The molecule has 0 aromatic heterocycles. The number of unbranched alkanes of at least 4 members (excludes halogenated alkanes) is 6. The van der Waals surface area contributed by atoms with E-state index in [0.29, 0.717) is 5.56 Å². The highest BCUT2D eigenvalue weighted by Crippen LogP contribution is 2.26. The highest BCUT2D eigenvalue weighted by atomic mass is 32.2. The Balaban J connectivity index is 1.46. The number of hydrogen-bond acceptors (Lipinski definition) is 3. The van der Waals surface area contributed by atoms with Gasteiger partial charge in [-0.1, -0.05) is 113 Å². The zero-order chi connectivity index (χ0) is 26.8. The van der Waals surface area contributed by atoms with Gasteiger partial charge in [-0.15, -0.1) is 11.8 Å². The van der Waals surface area contributed by atoms with Gasteiger partial charge in [-0.25, -0.2) is 4.79 Å². The Labute approximate surface area is 235 Å². The van der Waals surface area contributed by atoms with E-state index < -0.39 is 0 Å². The van der Waals surface area contributed by atoms with Gasteiger partial charge < -0.3 is 4.74 Å². The summed E-state index contributed by atoms with van der Waals surface area (Å²) in [6.07, 6.45) is 14.1. The van der Waals surface area contributed by atoms with Crippen LogP contribution in [0.3, 0.4) is 0 Å². The summed E-state index contributed by atoms with van der Waals surface area (Å²) in [5.41, 5.74) is 4.27. The number of benzene rings is 3. The molecule has 0 aliphatic carbocycles. The Morgan fingerprint density at radius 3 is 1.97 bits per heavy atom. The third-order valence-electron chi connectivity index (χ3n) is 7.06. The first-order valence-electron chi connectivity index (χ1n) is 14.8. The molecule has 1 atom stereocenters. The highest BCUT2D eigenvalue weighted by Gasteiger charge is 2.16. The fraction of sp³-hybridized carbons (Fsp3) is 0.457. The molecule has 0 spiro atoms. The number of esters is 1. The SMILES string of the molecule is CCCCCCCCSc1ccc(-c2ccc(C(=O)OC(CCCC)CCCc3ccccc3)cc2)cc1. The van der Waals surface area contributed by atoms with Crippen molar-refractivity contribution < 1.29 is 9.53 Å². The smallest absolute Gasteiger partial charge is 0.338 e. The van der Waals surface area contributed by atoms with Crippen LogP contribution < -0.4 is 0 Å². The summed E-state index contributed by atoms with van der Waals surface area (Å²) in [4.78, 5) is 14.2. The molecule has 0 heterocycles. The van der Waals surface area contributed by atoms with Gasteiger partial charge in [0.15, 0.2) is 0 Å². The second kappa shape index (κ2) is 17.9. The summed E-state index contributed by atoms with van der Waals surface area (Å²) in [6.45, 7) is 4.45. The zero-order valence-corrected chi connectivity index (χ0v) is 24.3. The van der Waals surface area contributed by atoms with Crippen molar-refractivity contribution in [3.63, 3.8) is 0 Å². The van der Waals surface area contributed by atoms with Gasteiger partial charge in [0, 0.05) is 4.90 Å². The van der Waals surface area contributed by atoms with Gasteiger partial charge in [0.25, 0.3) is 0 Å². The van der Waals surface area contributed by atoms with E-state index in [1.54, 1.807) is 0 Å². The highest BCUT2D eigenvalue weighted by molar-refractivity contribution is 7.99. The summed E-state index contributed by atoms with van der Waals surface area (Å²) in [6, 6.07) is 27.2. The number of rotatable bonds is 18. The molecule has 0 N–H and O–H groups in total. The number of carbonyl (C=O) groups excluding carboxylic acids is 1. The first kappa shape index (κ1) is 30.0. The van der Waals surface area contributed by atoms with E-state index in [1.807, 2.05) is 42.1 Å². The predicted molar refractivity (Wildman–Crippen MR) is 164 cm³/mol. The van der Waals surface area contributed by atoms with Crippen LogP contribution in [-0.2, 0) is 11.2 Å². The van der Waals surface area contributed by atoms with Gasteiger partial charge >= 0.3 is 5.97 Å². The van der Waals surface area contributed by atoms with Gasteiger partial charge in [0.1, 0.15) is 6.10 Å². The van der Waals surface area contributed by atoms with Gasteiger partial charge in [-0.2, -0.15) is 0 Å². The Morgan fingerprint density at radius 2 is 1.29 bits per heavy atom. The molecule has 0 radical (unpaired) electrons. The van der Waals surface area contributed by atoms with Crippen LogP contribution in [0.15, 0.2) is 83.8 Å². The lowest BCUT2D eigenvalue weighted by Gasteiger charge is -2.18. The molecule has 3 aromatic carbocycles. The van der Waals surface area contributed by atoms with Gasteiger partial charge in [-0.05, 0) is 78.8 Å². The number of thioether (sulfide) groups is 1. The molecule has 0 bridgehead atoms. The second-order valence-electron chi connectivity index (χ2n) is 10.3. The Kier molecular flexibility index (Phi) is 14.1. The van der Waals surface area contributed by atoms with E-state index in [9.17, 15) is 4.79 Å². The molecule has 1 unspecified atom stereocenters. The van der Waals surface area contributed by atoms with E-state index in [4.69, 9.17) is 4.74 Å². The quantitative estimate of drug-likeness (QED) is 0.0929. The summed E-state index contributed by atoms with van der Waals surface area (Å²) < 4.78 is 5.97. The number of ether oxygens (including phenoxy) is 1. The topological polar surface area (TPSA) is 26.3 Å². The van der Waals surface area contributed by atoms with Crippen molar-refractivity contribution in [2.24, 2.45) is 0 Å². The van der Waals surface area contributed by atoms with Crippen LogP contribution in [0.2, 0.25) is 0 Å². The van der Waals surface area contributed by atoms with Crippen molar-refractivity contribution >= 4 is 17.7 Å². The molecule has 0 amide bonds. The number of hydrogen-bond donors (Lipinski definition) is 0. The lowest BCUT2D eigenvalue weighted by Crippen LogP contribution is -2.18. The third kappa shape index (κ3) is 11.1. The molecular weight excluding hydrogens is 484 g/mol. The number of aryl methyl sites for hydroxylation is 1. The molecule has 0 saturated carbocycles. The van der Waals surface area contributed by atoms with Crippen molar-refractivity contribution in [1.82, 2.24) is 0 Å². The first-order chi connectivity index (χ1) is 18.7. The van der Waals surface area contributed by atoms with Gasteiger partial charge in [0.2, 0.25) is 0 Å². The van der Waals surface area contributed by atoms with Crippen LogP contribution in [0.1, 0.15) is 100 Å². The van der Waals surface area contributed by atoms with Crippen LogP contribution >= 0.6 is 11.8 Å². The molecule has 0 aliphatic heterocycles. The van der Waals surface area contributed by atoms with E-state index in [-0.39, 0.29) is 12.1 Å². The fourth-order valence-electron chi connectivity index (χ4n) is 4.71. The van der Waals surface area contributed by atoms with Crippen molar-refractivity contribution in [2.45, 2.75) is 102 Å². The molecule has 3 rings (SSSR count). The molecule has 0 saturated heterocycles. The maximum Gasteiger partial charge on any atom is 0.338 e. The van der Waals surface area contributed by atoms with E-state index >= 15 is 0 Å². The minimum Gasteiger partial charge on any atom is -0.459 e. The second-order valence-corrected chi connectivity index (χ2v) is 11.4. The maximum absolute atomic E-state index is 12.9. The molecule has 0 fully saturated rings. The summed E-state index contributed by atoms with van der Waals surface area (Å²) in [5, 5.41) is 0. The normalized spacial score (nSPS) is 11.8. The van der Waals surface area contributed by atoms with Gasteiger partial charge in [0.05, 0.1) is 5.56 Å². The fourth-order valence-corrected chi connectivity index (χ4v) is 5.62. The standard InChI is InChI=1S/C35H46O2S/c1-3-5-7-8-9-13-28-38-34-26-24-31(25-27-34)30-20-22-32(23-21-30)35(36)37-33(18-6-4-2)19-14-17-29-15-11-10-12-16-29/h10-12,15-16,20-27,33H,3-9,13-14,17-19,28H2,1-2H3. The Bertz CT molecular complexity index is 1030. The lowest BCUT2D eigenvalue weighted by atomic mass is 10.0. The molecule has 204 valence electrons. The number of carbonyl (C=O) groups is 1. The van der Waals surface area contributed by atoms with Crippen molar-refractivity contribution in [2.75, 3.05) is 5.75 Å². The molecule has 2 nitrogen and oxygen atoms in total. The Hall–Kier alpha value is -2.52. The van der Waals surface area contributed by atoms with E-state index in [1.165, 1.54) is 60.3 Å². The Morgan fingerprint density at radius 1 is 0.684 bits per heavy atom. The third-order valence-corrected chi connectivity index (χ3v) is 8.16. The minimum atomic E-state index is -0.209. The van der Waals surface area contributed by atoms with Gasteiger partial charge in [-0.3, -0.25) is 0 Å². The van der Waals surface area contributed by atoms with Crippen molar-refractivity contribution in [3.8, 4) is 11.1 Å². The molecule has 3 heteroatoms. The molecule has 3 aromatic rings. The minimum absolute atomic E-state index is 0.0211. The zero-order valence-electron chi connectivity index (χ0n) is 23.5. The largest absolute Gasteiger partial charge is 0.459 e. The van der Waals surface area contributed by atoms with Crippen LogP contribution in [0.25, 0.3) is 11.1 Å². The van der Waals surface area contributed by atoms with E-state index in [2.05, 4.69) is 62.4 Å². The van der Waals surface area contributed by atoms with E-state index in [0.717, 1.165) is 44.1 Å². The maximum atomic E-state index is 12.9. The lowest BCUT2D eigenvalue weighted by molar-refractivity contribution is 0.0252. The summed E-state index contributed by atoms with van der Waals surface area (Å²) >= 11 is 1.95. The molecular formula is C35H46O2S. The van der Waals surface area contributed by atoms with Crippen LogP contribution in [0.5, 0.6) is 0 Å². The van der Waals surface area contributed by atoms with Crippen molar-refractivity contribution in [3.05, 3.63) is 90.0 Å². The molecule has 0 aliphatic rings. The monoisotopic (exact) mass is 530 g/mol. The average Bonchev–Trinajstić information content (AvgIpc) is 2.96.